The molecule has 0 aromatic carbocycles. The number of hydrogen-bond acceptors (Lipinski definition) is 2. The van der Waals surface area contributed by atoms with Crippen LogP contribution in [0, 0.1) is 0 Å². The van der Waals surface area contributed by atoms with Gasteiger partial charge in [-0.15, -0.1) is 0 Å². The fraction of sp³-hybridized carbons (Fsp3) is 1.00. The van der Waals surface area contributed by atoms with Gasteiger partial charge in [-0.25, -0.2) is 0 Å². The van der Waals surface area contributed by atoms with Gasteiger partial charge in [0.25, 0.3) is 0 Å². The molecule has 1 atom stereocenters. The van der Waals surface area contributed by atoms with Gasteiger partial charge in [0.1, 0.15) is 0 Å². The number of rotatable bonds is 3. The highest BCUT2D eigenvalue weighted by molar-refractivity contribution is 7.99. The lowest BCUT2D eigenvalue weighted by molar-refractivity contribution is 0.829. The average molecular weight is 119 g/mol. The van der Waals surface area contributed by atoms with Crippen LogP contribution >= 0.6 is 11.8 Å². The van der Waals surface area contributed by atoms with Crippen LogP contribution in [0.3, 0.4) is 0 Å². The predicted octanol–water partition coefficient (Wildman–Crippen LogP) is 1.09. The molecule has 0 heterocycles. The molecule has 0 amide bonds. The largest absolute Gasteiger partial charge is 0.329 e. The van der Waals surface area contributed by atoms with Gasteiger partial charge in [0, 0.05) is 11.8 Å². The summed E-state index contributed by atoms with van der Waals surface area (Å²) >= 11 is 1.84. The first kappa shape index (κ1) is 7.31. The molecule has 0 saturated carbocycles. The van der Waals surface area contributed by atoms with E-state index >= 15 is 0 Å². The highest BCUT2D eigenvalue weighted by Gasteiger charge is 1.96. The lowest BCUT2D eigenvalue weighted by Crippen LogP contribution is -2.14. The monoisotopic (exact) mass is 119 g/mol. The van der Waals surface area contributed by atoms with Crippen molar-refractivity contribution in [2.24, 2.45) is 5.73 Å². The van der Waals surface area contributed by atoms with E-state index in [9.17, 15) is 0 Å². The first-order valence-electron chi connectivity index (χ1n) is 2.58. The van der Waals surface area contributed by atoms with Crippen molar-refractivity contribution in [1.29, 1.82) is 0 Å². The third-order valence-corrected chi connectivity index (χ3v) is 2.24. The van der Waals surface area contributed by atoms with E-state index in [0.717, 1.165) is 6.54 Å². The Labute approximate surface area is 49.7 Å². The quantitative estimate of drug-likeness (QED) is 0.601. The molecule has 0 aromatic rings. The zero-order chi connectivity index (χ0) is 5.70. The minimum absolute atomic E-state index is 0.681. The van der Waals surface area contributed by atoms with Crippen molar-refractivity contribution in [2.45, 2.75) is 18.6 Å². The average Bonchev–Trinajstić information content (AvgIpc) is 1.72. The van der Waals surface area contributed by atoms with Crippen LogP contribution in [-0.4, -0.2) is 18.1 Å². The molecule has 0 radical (unpaired) electrons. The maximum atomic E-state index is 5.37. The summed E-state index contributed by atoms with van der Waals surface area (Å²) in [5, 5.41) is 0.681. The Bertz CT molecular complexity index is 29.6. The molecule has 0 saturated heterocycles. The maximum Gasteiger partial charge on any atom is 0.0164 e. The van der Waals surface area contributed by atoms with Crippen molar-refractivity contribution in [1.82, 2.24) is 0 Å². The van der Waals surface area contributed by atoms with Crippen LogP contribution < -0.4 is 5.73 Å². The minimum Gasteiger partial charge on any atom is -0.329 e. The summed E-state index contributed by atoms with van der Waals surface area (Å²) in [6, 6.07) is 0. The van der Waals surface area contributed by atoms with E-state index in [1.54, 1.807) is 0 Å². The van der Waals surface area contributed by atoms with Crippen LogP contribution in [0.5, 0.6) is 0 Å². The minimum atomic E-state index is 0.681. The van der Waals surface area contributed by atoms with Gasteiger partial charge in [-0.1, -0.05) is 6.92 Å². The molecular weight excluding hydrogens is 106 g/mol. The Morgan fingerprint density at radius 1 is 1.71 bits per heavy atom. The molecule has 0 bridgehead atoms. The molecule has 44 valence electrons. The van der Waals surface area contributed by atoms with E-state index in [2.05, 4.69) is 13.2 Å². The standard InChI is InChI=1S/C5H13NS/c1-3-5(4-6)7-2/h5H,3-4,6H2,1-2H3. The third kappa shape index (κ3) is 2.94. The molecule has 0 rings (SSSR count). The number of thioether (sulfide) groups is 1. The van der Waals surface area contributed by atoms with Crippen molar-refractivity contribution in [3.05, 3.63) is 0 Å². The van der Waals surface area contributed by atoms with Gasteiger partial charge in [-0.2, -0.15) is 11.8 Å². The molecule has 1 nitrogen and oxygen atoms in total. The van der Waals surface area contributed by atoms with Crippen molar-refractivity contribution in [3.8, 4) is 0 Å². The summed E-state index contributed by atoms with van der Waals surface area (Å²) in [7, 11) is 0. The molecule has 0 aliphatic rings. The van der Waals surface area contributed by atoms with Gasteiger partial charge in [-0.3, -0.25) is 0 Å². The third-order valence-electron chi connectivity index (χ3n) is 1.05. The molecule has 0 aliphatic heterocycles. The van der Waals surface area contributed by atoms with Crippen LogP contribution in [0.4, 0.5) is 0 Å². The second-order valence-electron chi connectivity index (χ2n) is 1.50. The molecule has 0 fully saturated rings. The van der Waals surface area contributed by atoms with Crippen molar-refractivity contribution < 1.29 is 0 Å². The van der Waals surface area contributed by atoms with Crippen molar-refractivity contribution >= 4 is 11.8 Å². The van der Waals surface area contributed by atoms with Crippen LogP contribution in [0.25, 0.3) is 0 Å². The predicted molar refractivity (Wildman–Crippen MR) is 36.6 cm³/mol. The summed E-state index contributed by atoms with van der Waals surface area (Å²) in [4.78, 5) is 0. The zero-order valence-corrected chi connectivity index (χ0v) is 5.79. The van der Waals surface area contributed by atoms with E-state index in [1.165, 1.54) is 6.42 Å². The Balaban J connectivity index is 2.99. The molecule has 0 spiro atoms. The molecule has 2 heteroatoms. The smallest absolute Gasteiger partial charge is 0.0164 e. The zero-order valence-electron chi connectivity index (χ0n) is 4.98. The molecule has 0 aromatic heterocycles. The maximum absolute atomic E-state index is 5.37. The molecular formula is C5H13NS. The number of nitrogens with two attached hydrogens (primary N) is 1. The summed E-state index contributed by atoms with van der Waals surface area (Å²) in [6.07, 6.45) is 3.29. The Hall–Kier alpha value is 0.310. The van der Waals surface area contributed by atoms with E-state index in [1.807, 2.05) is 11.8 Å². The normalized spacial score (nSPS) is 14.1. The van der Waals surface area contributed by atoms with Gasteiger partial charge in [0.15, 0.2) is 0 Å². The van der Waals surface area contributed by atoms with Crippen LogP contribution in [0.2, 0.25) is 0 Å². The summed E-state index contributed by atoms with van der Waals surface area (Å²) in [6.45, 7) is 2.98. The SMILES string of the molecule is CCC(CN)SC. The summed E-state index contributed by atoms with van der Waals surface area (Å²) in [5.41, 5.74) is 5.37. The highest BCUT2D eigenvalue weighted by Crippen LogP contribution is 2.06. The van der Waals surface area contributed by atoms with Gasteiger partial charge < -0.3 is 5.73 Å². The second-order valence-corrected chi connectivity index (χ2v) is 2.64. The Kier molecular flexibility index (Phi) is 4.67. The Morgan fingerprint density at radius 2 is 2.29 bits per heavy atom. The molecule has 2 N–H and O–H groups in total. The lowest BCUT2D eigenvalue weighted by atomic mass is 10.3. The highest BCUT2D eigenvalue weighted by atomic mass is 32.2. The fourth-order valence-corrected chi connectivity index (χ4v) is 0.955. The summed E-state index contributed by atoms with van der Waals surface area (Å²) in [5.74, 6) is 0. The molecule has 1 unspecified atom stereocenters. The second kappa shape index (κ2) is 4.47. The van der Waals surface area contributed by atoms with Gasteiger partial charge in [0.05, 0.1) is 0 Å². The van der Waals surface area contributed by atoms with Crippen LogP contribution in [0.15, 0.2) is 0 Å². The van der Waals surface area contributed by atoms with E-state index < -0.39 is 0 Å². The number of hydrogen-bond donors (Lipinski definition) is 1. The first-order valence-corrected chi connectivity index (χ1v) is 3.86. The van der Waals surface area contributed by atoms with Gasteiger partial charge >= 0.3 is 0 Å². The van der Waals surface area contributed by atoms with Crippen LogP contribution in [0.1, 0.15) is 13.3 Å². The molecule has 0 aliphatic carbocycles. The van der Waals surface area contributed by atoms with Crippen molar-refractivity contribution in [3.63, 3.8) is 0 Å². The fourth-order valence-electron chi connectivity index (χ4n) is 0.430. The lowest BCUT2D eigenvalue weighted by Gasteiger charge is -2.05. The van der Waals surface area contributed by atoms with Gasteiger partial charge in [-0.05, 0) is 12.7 Å². The first-order chi connectivity index (χ1) is 3.35. The summed E-state index contributed by atoms with van der Waals surface area (Å²) < 4.78 is 0. The van der Waals surface area contributed by atoms with E-state index in [4.69, 9.17) is 5.73 Å². The van der Waals surface area contributed by atoms with Gasteiger partial charge in [0.2, 0.25) is 0 Å². The van der Waals surface area contributed by atoms with E-state index in [0.29, 0.717) is 5.25 Å². The topological polar surface area (TPSA) is 26.0 Å². The molecule has 7 heavy (non-hydrogen) atoms. The van der Waals surface area contributed by atoms with Crippen molar-refractivity contribution in [2.75, 3.05) is 12.8 Å². The Morgan fingerprint density at radius 3 is 2.29 bits per heavy atom. The van der Waals surface area contributed by atoms with E-state index in [-0.39, 0.29) is 0 Å². The van der Waals surface area contributed by atoms with Crippen LogP contribution in [-0.2, 0) is 0 Å².